The predicted octanol–water partition coefficient (Wildman–Crippen LogP) is 1.74. The van der Waals surface area contributed by atoms with E-state index in [0.717, 1.165) is 0 Å². The summed E-state index contributed by atoms with van der Waals surface area (Å²) in [6.45, 7) is 2.47. The molecule has 3 unspecified atom stereocenters. The Hall–Kier alpha value is -1.88. The number of carboxylic acid groups (broad SMARTS) is 1. The monoisotopic (exact) mass is 277 g/mol. The molecule has 1 aliphatic heterocycles. The quantitative estimate of drug-likeness (QED) is 0.879. The highest BCUT2D eigenvalue weighted by Gasteiger charge is 2.29. The Morgan fingerprint density at radius 3 is 2.65 bits per heavy atom. The molecule has 1 amide bonds. The van der Waals surface area contributed by atoms with E-state index in [1.165, 1.54) is 0 Å². The van der Waals surface area contributed by atoms with Crippen LogP contribution in [-0.2, 0) is 14.3 Å². The second kappa shape index (κ2) is 6.52. The number of ether oxygens (including phenoxy) is 1. The van der Waals surface area contributed by atoms with Gasteiger partial charge < -0.3 is 15.2 Å². The standard InChI is InChI=1S/C15H19NO4/c1-10-9-12(7-8-20-10)14(17)16-13(15(18)19)11-5-3-2-4-6-11/h2-6,10,12-13H,7-9H2,1H3,(H,16,17)(H,18,19). The summed E-state index contributed by atoms with van der Waals surface area (Å²) < 4.78 is 5.40. The molecular weight excluding hydrogens is 258 g/mol. The Bertz CT molecular complexity index is 474. The zero-order chi connectivity index (χ0) is 14.5. The molecule has 5 heteroatoms. The van der Waals surface area contributed by atoms with Crippen LogP contribution in [0.5, 0.6) is 0 Å². The molecule has 1 aliphatic rings. The molecule has 1 heterocycles. The molecule has 20 heavy (non-hydrogen) atoms. The number of carbonyl (C=O) groups is 2. The minimum absolute atomic E-state index is 0.0412. The van der Waals surface area contributed by atoms with Gasteiger partial charge >= 0.3 is 5.97 Å². The van der Waals surface area contributed by atoms with Crippen molar-refractivity contribution in [1.29, 1.82) is 0 Å². The lowest BCUT2D eigenvalue weighted by Gasteiger charge is -2.27. The van der Waals surface area contributed by atoms with Crippen LogP contribution in [0.1, 0.15) is 31.4 Å². The van der Waals surface area contributed by atoms with Crippen molar-refractivity contribution in [2.45, 2.75) is 31.9 Å². The van der Waals surface area contributed by atoms with Crippen molar-refractivity contribution in [1.82, 2.24) is 5.32 Å². The molecule has 0 aromatic heterocycles. The van der Waals surface area contributed by atoms with E-state index < -0.39 is 12.0 Å². The van der Waals surface area contributed by atoms with Crippen molar-refractivity contribution < 1.29 is 19.4 Å². The SMILES string of the molecule is CC1CC(C(=O)NC(C(=O)O)c2ccccc2)CCO1. The summed E-state index contributed by atoms with van der Waals surface area (Å²) in [4.78, 5) is 23.5. The Kier molecular flexibility index (Phi) is 4.74. The van der Waals surface area contributed by atoms with Gasteiger partial charge in [0.2, 0.25) is 5.91 Å². The molecule has 1 aromatic rings. The maximum absolute atomic E-state index is 12.2. The molecular formula is C15H19NO4. The lowest BCUT2D eigenvalue weighted by atomic mass is 9.94. The van der Waals surface area contributed by atoms with Gasteiger partial charge in [-0.1, -0.05) is 30.3 Å². The third kappa shape index (κ3) is 3.57. The maximum Gasteiger partial charge on any atom is 0.330 e. The lowest BCUT2D eigenvalue weighted by Crippen LogP contribution is -2.40. The minimum atomic E-state index is -1.05. The van der Waals surface area contributed by atoms with Gasteiger partial charge in [-0.2, -0.15) is 0 Å². The van der Waals surface area contributed by atoms with Crippen LogP contribution < -0.4 is 5.32 Å². The van der Waals surface area contributed by atoms with Crippen molar-refractivity contribution in [2.24, 2.45) is 5.92 Å². The van der Waals surface area contributed by atoms with Crippen molar-refractivity contribution in [3.05, 3.63) is 35.9 Å². The van der Waals surface area contributed by atoms with Crippen molar-refractivity contribution in [3.8, 4) is 0 Å². The highest BCUT2D eigenvalue weighted by atomic mass is 16.5. The first-order valence-electron chi connectivity index (χ1n) is 6.77. The molecule has 1 aromatic carbocycles. The number of amides is 1. The number of hydrogen-bond acceptors (Lipinski definition) is 3. The zero-order valence-corrected chi connectivity index (χ0v) is 11.4. The zero-order valence-electron chi connectivity index (χ0n) is 11.4. The molecule has 2 N–H and O–H groups in total. The van der Waals surface area contributed by atoms with Crippen molar-refractivity contribution >= 4 is 11.9 Å². The molecule has 0 aliphatic carbocycles. The van der Waals surface area contributed by atoms with Gasteiger partial charge in [-0.25, -0.2) is 4.79 Å². The average Bonchev–Trinajstić information content (AvgIpc) is 2.45. The van der Waals surface area contributed by atoms with Crippen LogP contribution in [0.4, 0.5) is 0 Å². The van der Waals surface area contributed by atoms with Crippen LogP contribution in [-0.4, -0.2) is 29.7 Å². The number of benzene rings is 1. The van der Waals surface area contributed by atoms with Crippen LogP contribution in [0.15, 0.2) is 30.3 Å². The smallest absolute Gasteiger partial charge is 0.330 e. The summed E-state index contributed by atoms with van der Waals surface area (Å²) in [7, 11) is 0. The first-order valence-corrected chi connectivity index (χ1v) is 6.77. The molecule has 0 spiro atoms. The molecule has 2 rings (SSSR count). The molecule has 3 atom stereocenters. The minimum Gasteiger partial charge on any atom is -0.479 e. The Morgan fingerprint density at radius 2 is 2.05 bits per heavy atom. The van der Waals surface area contributed by atoms with Crippen LogP contribution in [0.2, 0.25) is 0 Å². The van der Waals surface area contributed by atoms with E-state index in [0.29, 0.717) is 25.0 Å². The number of hydrogen-bond donors (Lipinski definition) is 2. The van der Waals surface area contributed by atoms with Crippen LogP contribution >= 0.6 is 0 Å². The van der Waals surface area contributed by atoms with E-state index in [1.807, 2.05) is 13.0 Å². The first-order chi connectivity index (χ1) is 9.58. The summed E-state index contributed by atoms with van der Waals surface area (Å²) in [5.41, 5.74) is 0.577. The molecule has 1 saturated heterocycles. The third-order valence-corrected chi connectivity index (χ3v) is 3.52. The normalized spacial score (nSPS) is 23.9. The summed E-state index contributed by atoms with van der Waals surface area (Å²) in [6.07, 6.45) is 1.31. The second-order valence-corrected chi connectivity index (χ2v) is 5.09. The average molecular weight is 277 g/mol. The van der Waals surface area contributed by atoms with Crippen molar-refractivity contribution in [2.75, 3.05) is 6.61 Å². The molecule has 1 fully saturated rings. The largest absolute Gasteiger partial charge is 0.479 e. The number of aliphatic carboxylic acids is 1. The molecule has 5 nitrogen and oxygen atoms in total. The highest BCUT2D eigenvalue weighted by Crippen LogP contribution is 2.22. The van der Waals surface area contributed by atoms with Crippen molar-refractivity contribution in [3.63, 3.8) is 0 Å². The first kappa shape index (κ1) is 14.5. The summed E-state index contributed by atoms with van der Waals surface area (Å²) >= 11 is 0. The molecule has 0 bridgehead atoms. The molecule has 108 valence electrons. The molecule has 0 radical (unpaired) electrons. The van der Waals surface area contributed by atoms with Crippen LogP contribution in [0.3, 0.4) is 0 Å². The lowest BCUT2D eigenvalue weighted by molar-refractivity contribution is -0.143. The van der Waals surface area contributed by atoms with E-state index in [1.54, 1.807) is 24.3 Å². The van der Waals surface area contributed by atoms with Gasteiger partial charge in [-0.3, -0.25) is 4.79 Å². The summed E-state index contributed by atoms with van der Waals surface area (Å²) in [6, 6.07) is 7.73. The predicted molar refractivity (Wildman–Crippen MR) is 73.1 cm³/mol. The van der Waals surface area contributed by atoms with Gasteiger partial charge in [-0.05, 0) is 25.3 Å². The van der Waals surface area contributed by atoms with E-state index >= 15 is 0 Å². The van der Waals surface area contributed by atoms with E-state index in [2.05, 4.69) is 5.32 Å². The Balaban J connectivity index is 2.05. The van der Waals surface area contributed by atoms with Gasteiger partial charge in [-0.15, -0.1) is 0 Å². The van der Waals surface area contributed by atoms with Gasteiger partial charge in [0.25, 0.3) is 0 Å². The number of carboxylic acids is 1. The van der Waals surface area contributed by atoms with E-state index in [9.17, 15) is 14.7 Å². The van der Waals surface area contributed by atoms with Gasteiger partial charge in [0.1, 0.15) is 0 Å². The Labute approximate surface area is 117 Å². The number of rotatable bonds is 4. The second-order valence-electron chi connectivity index (χ2n) is 5.09. The van der Waals surface area contributed by atoms with Crippen LogP contribution in [0.25, 0.3) is 0 Å². The van der Waals surface area contributed by atoms with Gasteiger partial charge in [0, 0.05) is 12.5 Å². The van der Waals surface area contributed by atoms with E-state index in [4.69, 9.17) is 4.74 Å². The Morgan fingerprint density at radius 1 is 1.35 bits per heavy atom. The van der Waals surface area contributed by atoms with Gasteiger partial charge in [0.05, 0.1) is 6.10 Å². The fourth-order valence-electron chi connectivity index (χ4n) is 2.43. The fourth-order valence-corrected chi connectivity index (χ4v) is 2.43. The third-order valence-electron chi connectivity index (χ3n) is 3.52. The van der Waals surface area contributed by atoms with Gasteiger partial charge in [0.15, 0.2) is 6.04 Å². The number of carbonyl (C=O) groups excluding carboxylic acids is 1. The number of nitrogens with one attached hydrogen (secondary N) is 1. The molecule has 0 saturated carbocycles. The summed E-state index contributed by atoms with van der Waals surface area (Å²) in [5, 5.41) is 11.9. The van der Waals surface area contributed by atoms with Crippen LogP contribution in [0, 0.1) is 5.92 Å². The summed E-state index contributed by atoms with van der Waals surface area (Å²) in [5.74, 6) is -1.44. The topological polar surface area (TPSA) is 75.6 Å². The highest BCUT2D eigenvalue weighted by molar-refractivity contribution is 5.85. The fraction of sp³-hybridized carbons (Fsp3) is 0.467. The maximum atomic E-state index is 12.2. The van der Waals surface area contributed by atoms with E-state index in [-0.39, 0.29) is 17.9 Å².